The van der Waals surface area contributed by atoms with Crippen LogP contribution < -0.4 is 0 Å². The van der Waals surface area contributed by atoms with Gasteiger partial charge in [0.15, 0.2) is 6.63 Å². The summed E-state index contributed by atoms with van der Waals surface area (Å²) in [6, 6.07) is 0. The zero-order valence-corrected chi connectivity index (χ0v) is 7.79. The summed E-state index contributed by atoms with van der Waals surface area (Å²) in [4.78, 5) is 10.0. The van der Waals surface area contributed by atoms with Crippen LogP contribution in [0.25, 0.3) is 1.43 Å². The maximum Gasteiger partial charge on any atom is 0.330 e. The van der Waals surface area contributed by atoms with Gasteiger partial charge in [-0.25, -0.2) is 31.1 Å². The van der Waals surface area contributed by atoms with E-state index in [0.717, 1.165) is 0 Å². The highest BCUT2D eigenvalue weighted by Gasteiger charge is 2.46. The van der Waals surface area contributed by atoms with Gasteiger partial charge in [0.1, 0.15) is 1.37 Å². The summed E-state index contributed by atoms with van der Waals surface area (Å²) in [7, 11) is 0. The monoisotopic (exact) mass is 257 g/mol. The van der Waals surface area contributed by atoms with Crippen molar-refractivity contribution in [2.24, 2.45) is 0 Å². The highest BCUT2D eigenvalue weighted by molar-refractivity contribution is 5.84. The first-order chi connectivity index (χ1) is 8.93. The molecule has 1 unspecified atom stereocenters. The van der Waals surface area contributed by atoms with Crippen LogP contribution in [0.4, 0.5) is 26.3 Å². The standard InChI is InChI=1S/C4H4F6.C4H6O2/c5-1-4(9,10)2(6)3(7)8;1-3(2)4(5)6/h2-3H,1H2;1H2,2H3,(H,5,6)/i1D2,2D,3D;/hD. The van der Waals surface area contributed by atoms with Crippen molar-refractivity contribution >= 4 is 5.97 Å². The number of carbonyl (C=O) groups is 1. The number of carboxylic acid groups (broad SMARTS) is 1. The number of carboxylic acids is 1. The number of hydrogen-bond acceptors (Lipinski definition) is 2. The number of hydrogen-bond donors (Lipinski definition) is 1. The lowest BCUT2D eigenvalue weighted by molar-refractivity contribution is -0.137. The molecule has 0 radical (unpaired) electrons. The normalized spacial score (nSPS) is 20.6. The molecule has 0 saturated heterocycles. The van der Waals surface area contributed by atoms with Gasteiger partial charge in [-0.3, -0.25) is 0 Å². The maximum absolute atomic E-state index is 12.4. The quantitative estimate of drug-likeness (QED) is 0.621. The molecule has 0 fully saturated rings. The molecule has 0 saturated carbocycles. The first-order valence-corrected chi connectivity index (χ1v) is 3.40. The van der Waals surface area contributed by atoms with Crippen molar-refractivity contribution in [2.75, 3.05) is 6.63 Å². The molecule has 0 aromatic heterocycles. The van der Waals surface area contributed by atoms with Crippen LogP contribution >= 0.6 is 0 Å². The predicted molar refractivity (Wildman–Crippen MR) is 44.3 cm³/mol. The largest absolute Gasteiger partial charge is 0.478 e. The summed E-state index contributed by atoms with van der Waals surface area (Å²) >= 11 is 0. The summed E-state index contributed by atoms with van der Waals surface area (Å²) in [6.45, 7) is -0.444. The SMILES string of the molecule is [2H]C([2H])(F)C(F)(F)C([2H])(F)C([2H])(F)F.[2H]OC(=O)C(=C)C. The Balaban J connectivity index is 0. The molecule has 0 aliphatic heterocycles. The van der Waals surface area contributed by atoms with Crippen molar-refractivity contribution in [3.8, 4) is 0 Å². The Morgan fingerprint density at radius 2 is 2.06 bits per heavy atom. The van der Waals surface area contributed by atoms with Gasteiger partial charge in [-0.05, 0) is 6.92 Å². The summed E-state index contributed by atoms with van der Waals surface area (Å²) in [6.07, 6.45) is -11.3. The second kappa shape index (κ2) is 7.13. The van der Waals surface area contributed by atoms with Crippen molar-refractivity contribution < 1.29 is 41.7 Å². The fraction of sp³-hybridized carbons (Fsp3) is 0.625. The summed E-state index contributed by atoms with van der Waals surface area (Å²) < 4.78 is 101. The molecule has 0 spiro atoms. The van der Waals surface area contributed by atoms with E-state index in [9.17, 15) is 31.1 Å². The molecular formula is C8H10F6O2. The molecular weight excluding hydrogens is 242 g/mol. The van der Waals surface area contributed by atoms with E-state index in [2.05, 4.69) is 11.7 Å². The van der Waals surface area contributed by atoms with Gasteiger partial charge in [-0.15, -0.1) is 0 Å². The highest BCUT2D eigenvalue weighted by atomic mass is 19.3. The molecule has 0 aromatic carbocycles. The van der Waals surface area contributed by atoms with E-state index in [-0.39, 0.29) is 5.57 Å². The maximum atomic E-state index is 12.4. The molecule has 0 aliphatic rings. The van der Waals surface area contributed by atoms with Crippen molar-refractivity contribution in [1.82, 2.24) is 0 Å². The number of alkyl halides is 6. The van der Waals surface area contributed by atoms with Crippen molar-refractivity contribution in [3.63, 3.8) is 0 Å². The topological polar surface area (TPSA) is 37.3 Å². The van der Waals surface area contributed by atoms with E-state index in [1.807, 2.05) is 0 Å². The predicted octanol–water partition coefficient (Wildman–Crippen LogP) is 2.84. The first-order valence-electron chi connectivity index (χ1n) is 5.80. The Hall–Kier alpha value is -1.21. The van der Waals surface area contributed by atoms with Gasteiger partial charge in [0, 0.05) is 5.57 Å². The van der Waals surface area contributed by atoms with Gasteiger partial charge < -0.3 is 5.11 Å². The molecule has 8 heteroatoms. The molecule has 0 amide bonds. The average molecular weight is 257 g/mol. The van der Waals surface area contributed by atoms with Gasteiger partial charge in [0.05, 0.1) is 4.11 Å². The zero-order chi connectivity index (χ0) is 17.9. The fourth-order valence-corrected chi connectivity index (χ4v) is 0.160. The van der Waals surface area contributed by atoms with Crippen LogP contribution in [-0.4, -0.2) is 36.2 Å². The molecule has 1 atom stereocenters. The van der Waals surface area contributed by atoms with E-state index in [1.54, 1.807) is 0 Å². The number of rotatable bonds is 4. The molecule has 2 nitrogen and oxygen atoms in total. The number of aliphatic carboxylic acids is 1. The number of halogens is 6. The van der Waals surface area contributed by atoms with Crippen LogP contribution in [0.1, 0.15) is 12.4 Å². The Kier molecular flexibility index (Phi) is 3.96. The van der Waals surface area contributed by atoms with E-state index < -0.39 is 31.1 Å². The molecule has 96 valence electrons. The van der Waals surface area contributed by atoms with Crippen LogP contribution in [0, 0.1) is 0 Å². The third-order valence-electron chi connectivity index (χ3n) is 0.909. The zero-order valence-electron chi connectivity index (χ0n) is 12.8. The molecule has 16 heavy (non-hydrogen) atoms. The van der Waals surface area contributed by atoms with Crippen molar-refractivity contribution in [1.29, 1.82) is 1.43 Å². The van der Waals surface area contributed by atoms with Gasteiger partial charge >= 0.3 is 11.9 Å². The Morgan fingerprint density at radius 1 is 1.62 bits per heavy atom. The fourth-order valence-electron chi connectivity index (χ4n) is 0.160. The molecule has 0 aliphatic carbocycles. The van der Waals surface area contributed by atoms with Crippen molar-refractivity contribution in [2.45, 2.75) is 25.4 Å². The van der Waals surface area contributed by atoms with Gasteiger partial charge in [0.25, 0.3) is 7.83 Å². The Labute approximate surface area is 94.7 Å². The van der Waals surface area contributed by atoms with E-state index >= 15 is 0 Å². The van der Waals surface area contributed by atoms with Crippen molar-refractivity contribution in [3.05, 3.63) is 12.2 Å². The van der Waals surface area contributed by atoms with Crippen LogP contribution in [0.15, 0.2) is 12.2 Å². The third-order valence-corrected chi connectivity index (χ3v) is 0.909. The smallest absolute Gasteiger partial charge is 0.330 e. The van der Waals surface area contributed by atoms with Gasteiger partial charge in [0.2, 0.25) is 6.15 Å². The van der Waals surface area contributed by atoms with Gasteiger partial charge in [-0.2, -0.15) is 0 Å². The molecule has 0 rings (SSSR count). The third kappa shape index (κ3) is 7.13. The van der Waals surface area contributed by atoms with Crippen LogP contribution in [0.2, 0.25) is 0 Å². The summed E-state index contributed by atoms with van der Waals surface area (Å²) in [5.41, 5.74) is 0.245. The summed E-state index contributed by atoms with van der Waals surface area (Å²) in [5.74, 6) is -6.63. The second-order valence-corrected chi connectivity index (χ2v) is 2.31. The molecule has 0 bridgehead atoms. The molecule has 1 N–H and O–H groups in total. The van der Waals surface area contributed by atoms with E-state index in [4.69, 9.17) is 6.91 Å². The average Bonchev–Trinajstić information content (AvgIpc) is 2.25. The van der Waals surface area contributed by atoms with Crippen LogP contribution in [0.3, 0.4) is 0 Å². The summed E-state index contributed by atoms with van der Waals surface area (Å²) in [5, 5.41) is 3.52. The Bertz CT molecular complexity index is 366. The first kappa shape index (κ1) is 8.89. The second-order valence-electron chi connectivity index (χ2n) is 2.31. The van der Waals surface area contributed by atoms with E-state index in [1.165, 1.54) is 6.92 Å². The highest BCUT2D eigenvalue weighted by Crippen LogP contribution is 2.26. The van der Waals surface area contributed by atoms with Crippen LogP contribution in [0.5, 0.6) is 0 Å². The minimum Gasteiger partial charge on any atom is -0.478 e. The van der Waals surface area contributed by atoms with Crippen LogP contribution in [-0.2, 0) is 4.79 Å². The minimum absolute atomic E-state index is 0.245. The molecule has 0 heterocycles. The lowest BCUT2D eigenvalue weighted by atomic mass is 10.2. The van der Waals surface area contributed by atoms with Gasteiger partial charge in [-0.1, -0.05) is 6.58 Å². The lowest BCUT2D eigenvalue weighted by Crippen LogP contribution is -2.37. The minimum atomic E-state index is -5.95. The Morgan fingerprint density at radius 3 is 2.12 bits per heavy atom. The van der Waals surface area contributed by atoms with E-state index in [0.29, 0.717) is 0 Å². The molecule has 0 aromatic rings. The lowest BCUT2D eigenvalue weighted by Gasteiger charge is -2.15.